The summed E-state index contributed by atoms with van der Waals surface area (Å²) in [6, 6.07) is 13.5. The molecule has 5 heteroatoms. The Kier molecular flexibility index (Phi) is 10.4. The Bertz CT molecular complexity index is 942. The molecule has 0 radical (unpaired) electrons. The van der Waals surface area contributed by atoms with E-state index in [2.05, 4.69) is 32.0 Å². The lowest BCUT2D eigenvalue weighted by Gasteiger charge is -2.43. The first-order valence-corrected chi connectivity index (χ1v) is 14.3. The number of unbranched alkanes of at least 4 members (excludes halogenated alkanes) is 6. The average Bonchev–Trinajstić information content (AvgIpc) is 2.83. The molecule has 0 spiro atoms. The fourth-order valence-corrected chi connectivity index (χ4v) is 6.98. The zero-order valence-electron chi connectivity index (χ0n) is 21.3. The van der Waals surface area contributed by atoms with Gasteiger partial charge in [0.05, 0.1) is 5.92 Å². The van der Waals surface area contributed by atoms with Crippen molar-refractivity contribution in [3.05, 3.63) is 53.6 Å². The summed E-state index contributed by atoms with van der Waals surface area (Å²) in [5.41, 5.74) is 2.56. The fraction of sp³-hybridized carbons (Fsp3) is 0.567. The standard InChI is InChI=1S/C30H42O4S/c1-3-11-22(29(33)34)12-9-7-5-4-6-8-10-13-27-26-19-18-25(32)20-28(26)35-21-30(27,2)23-14-16-24(31)17-15-23/h14-20,22,27,31-32H,3-13,21H2,1-2H3,(H,33,34)/t22?,27-,30-/m1/s1. The maximum absolute atomic E-state index is 11.3. The van der Waals surface area contributed by atoms with Gasteiger partial charge in [-0.2, -0.15) is 0 Å². The molecule has 1 aliphatic heterocycles. The number of hydrogen-bond donors (Lipinski definition) is 3. The number of fused-ring (bicyclic) bond motifs is 1. The molecule has 0 aromatic heterocycles. The molecule has 0 fully saturated rings. The van der Waals surface area contributed by atoms with Gasteiger partial charge in [0.1, 0.15) is 11.5 Å². The molecule has 2 aromatic rings. The van der Waals surface area contributed by atoms with Crippen molar-refractivity contribution in [3.8, 4) is 11.5 Å². The number of aliphatic carboxylic acids is 1. The van der Waals surface area contributed by atoms with Crippen molar-refractivity contribution in [2.45, 2.75) is 101 Å². The fourth-order valence-electron chi connectivity index (χ4n) is 5.57. The molecule has 2 aromatic carbocycles. The van der Waals surface area contributed by atoms with E-state index in [0.717, 1.165) is 44.3 Å². The second-order valence-electron chi connectivity index (χ2n) is 10.4. The third kappa shape index (κ3) is 7.42. The van der Waals surface area contributed by atoms with Gasteiger partial charge in [-0.15, -0.1) is 11.8 Å². The monoisotopic (exact) mass is 498 g/mol. The minimum absolute atomic E-state index is 0.0263. The van der Waals surface area contributed by atoms with E-state index in [4.69, 9.17) is 0 Å². The molecule has 0 bridgehead atoms. The zero-order valence-corrected chi connectivity index (χ0v) is 22.2. The van der Waals surface area contributed by atoms with Crippen LogP contribution in [-0.4, -0.2) is 27.0 Å². The topological polar surface area (TPSA) is 77.8 Å². The van der Waals surface area contributed by atoms with Crippen LogP contribution in [0.3, 0.4) is 0 Å². The molecule has 0 amide bonds. The van der Waals surface area contributed by atoms with Gasteiger partial charge in [0.2, 0.25) is 0 Å². The Labute approximate surface area is 215 Å². The van der Waals surface area contributed by atoms with Gasteiger partial charge in [-0.3, -0.25) is 4.79 Å². The first kappa shape index (κ1) is 27.4. The van der Waals surface area contributed by atoms with E-state index in [1.54, 1.807) is 12.1 Å². The van der Waals surface area contributed by atoms with Crippen LogP contribution < -0.4 is 0 Å². The summed E-state index contributed by atoms with van der Waals surface area (Å²) in [4.78, 5) is 12.5. The van der Waals surface area contributed by atoms with Crippen LogP contribution in [0.15, 0.2) is 47.4 Å². The third-order valence-electron chi connectivity index (χ3n) is 7.73. The van der Waals surface area contributed by atoms with E-state index in [-0.39, 0.29) is 11.3 Å². The van der Waals surface area contributed by atoms with Crippen molar-refractivity contribution in [3.63, 3.8) is 0 Å². The number of carboxylic acid groups (broad SMARTS) is 1. The summed E-state index contributed by atoms with van der Waals surface area (Å²) >= 11 is 1.81. The number of phenols is 2. The molecule has 35 heavy (non-hydrogen) atoms. The smallest absolute Gasteiger partial charge is 0.306 e. The van der Waals surface area contributed by atoms with Gasteiger partial charge < -0.3 is 15.3 Å². The van der Waals surface area contributed by atoms with Gasteiger partial charge in [-0.1, -0.05) is 83.4 Å². The van der Waals surface area contributed by atoms with Crippen LogP contribution in [0.5, 0.6) is 11.5 Å². The highest BCUT2D eigenvalue weighted by Gasteiger charge is 2.41. The summed E-state index contributed by atoms with van der Waals surface area (Å²) in [6.07, 6.45) is 11.8. The average molecular weight is 499 g/mol. The summed E-state index contributed by atoms with van der Waals surface area (Å²) in [7, 11) is 0. The van der Waals surface area contributed by atoms with E-state index < -0.39 is 5.97 Å². The minimum Gasteiger partial charge on any atom is -0.508 e. The summed E-state index contributed by atoms with van der Waals surface area (Å²) in [6.45, 7) is 4.40. The highest BCUT2D eigenvalue weighted by Crippen LogP contribution is 2.52. The SMILES string of the molecule is CCCC(CCCCCCCCC[C@@H]1c2ccc(O)cc2SC[C@]1(C)c1ccc(O)cc1)C(=O)O. The number of carboxylic acids is 1. The third-order valence-corrected chi connectivity index (χ3v) is 9.14. The highest BCUT2D eigenvalue weighted by atomic mass is 32.2. The molecule has 1 heterocycles. The first-order chi connectivity index (χ1) is 16.8. The van der Waals surface area contributed by atoms with Gasteiger partial charge >= 0.3 is 5.97 Å². The molecule has 3 atom stereocenters. The molecular formula is C30H42O4S. The molecule has 1 aliphatic rings. The number of aromatic hydroxyl groups is 2. The van der Waals surface area contributed by atoms with E-state index in [0.29, 0.717) is 17.4 Å². The van der Waals surface area contributed by atoms with Crippen LogP contribution >= 0.6 is 11.8 Å². The van der Waals surface area contributed by atoms with Crippen molar-refractivity contribution in [1.82, 2.24) is 0 Å². The second-order valence-corrected chi connectivity index (χ2v) is 11.4. The lowest BCUT2D eigenvalue weighted by molar-refractivity contribution is -0.142. The van der Waals surface area contributed by atoms with Crippen LogP contribution in [0.1, 0.15) is 102 Å². The molecule has 0 saturated heterocycles. The van der Waals surface area contributed by atoms with Crippen LogP contribution in [0, 0.1) is 5.92 Å². The molecule has 1 unspecified atom stereocenters. The quantitative estimate of drug-likeness (QED) is 0.229. The Balaban J connectivity index is 1.50. The predicted molar refractivity (Wildman–Crippen MR) is 145 cm³/mol. The maximum atomic E-state index is 11.3. The predicted octanol–water partition coefficient (Wildman–Crippen LogP) is 8.26. The Morgan fingerprint density at radius 1 is 0.943 bits per heavy atom. The maximum Gasteiger partial charge on any atom is 0.306 e. The van der Waals surface area contributed by atoms with Crippen LogP contribution in [0.4, 0.5) is 0 Å². The number of thioether (sulfide) groups is 1. The molecule has 4 nitrogen and oxygen atoms in total. The lowest BCUT2D eigenvalue weighted by Crippen LogP contribution is -2.36. The van der Waals surface area contributed by atoms with E-state index in [1.807, 2.05) is 23.9 Å². The summed E-state index contributed by atoms with van der Waals surface area (Å²) < 4.78 is 0. The van der Waals surface area contributed by atoms with Crippen molar-refractivity contribution in [2.24, 2.45) is 5.92 Å². The molecule has 0 saturated carbocycles. The van der Waals surface area contributed by atoms with Crippen LogP contribution in [0.25, 0.3) is 0 Å². The van der Waals surface area contributed by atoms with Gasteiger partial charge in [0, 0.05) is 16.1 Å². The normalized spacial score (nSPS) is 20.3. The molecule has 192 valence electrons. The molecular weight excluding hydrogens is 456 g/mol. The Morgan fingerprint density at radius 2 is 1.57 bits per heavy atom. The molecule has 3 rings (SSSR count). The van der Waals surface area contributed by atoms with Gasteiger partial charge in [0.25, 0.3) is 0 Å². The number of carbonyl (C=O) groups is 1. The first-order valence-electron chi connectivity index (χ1n) is 13.3. The van der Waals surface area contributed by atoms with Crippen molar-refractivity contribution in [1.29, 1.82) is 0 Å². The minimum atomic E-state index is -0.635. The number of hydrogen-bond acceptors (Lipinski definition) is 4. The number of rotatable bonds is 14. The molecule has 3 N–H and O–H groups in total. The largest absolute Gasteiger partial charge is 0.508 e. The highest BCUT2D eigenvalue weighted by molar-refractivity contribution is 7.99. The molecule has 0 aliphatic carbocycles. The lowest BCUT2D eigenvalue weighted by atomic mass is 9.68. The van der Waals surface area contributed by atoms with Crippen molar-refractivity contribution in [2.75, 3.05) is 5.75 Å². The number of benzene rings is 2. The number of phenolic OH excluding ortho intramolecular Hbond substituents is 2. The van der Waals surface area contributed by atoms with Gasteiger partial charge in [0.15, 0.2) is 0 Å². The van der Waals surface area contributed by atoms with Crippen molar-refractivity contribution >= 4 is 17.7 Å². The van der Waals surface area contributed by atoms with Crippen molar-refractivity contribution < 1.29 is 20.1 Å². The van der Waals surface area contributed by atoms with E-state index in [9.17, 15) is 20.1 Å². The van der Waals surface area contributed by atoms with E-state index >= 15 is 0 Å². The van der Waals surface area contributed by atoms with Gasteiger partial charge in [-0.25, -0.2) is 0 Å². The Morgan fingerprint density at radius 3 is 2.23 bits per heavy atom. The van der Waals surface area contributed by atoms with E-state index in [1.165, 1.54) is 48.1 Å². The van der Waals surface area contributed by atoms with Crippen LogP contribution in [0.2, 0.25) is 0 Å². The zero-order chi connectivity index (χ0) is 25.3. The van der Waals surface area contributed by atoms with Crippen LogP contribution in [-0.2, 0) is 10.2 Å². The second kappa shape index (κ2) is 13.2. The van der Waals surface area contributed by atoms with Gasteiger partial charge in [-0.05, 0) is 60.6 Å². The summed E-state index contributed by atoms with van der Waals surface area (Å²) in [5.74, 6) is 1.15. The summed E-state index contributed by atoms with van der Waals surface area (Å²) in [5, 5.41) is 29.1. The Hall–Kier alpha value is -2.14.